The number of hydrogen-bond donors (Lipinski definition) is 1. The molecule has 1 N–H and O–H groups in total. The minimum atomic E-state index is -0.294. The second kappa shape index (κ2) is 5.30. The Bertz CT molecular complexity index is 260. The first-order valence-electron chi connectivity index (χ1n) is 4.60. The lowest BCUT2D eigenvalue weighted by Crippen LogP contribution is -1.96. The smallest absolute Gasteiger partial charge is 0.0790 e. The lowest BCUT2D eigenvalue weighted by Gasteiger charge is -2.10. The Kier molecular flexibility index (Phi) is 4.33. The molecule has 0 saturated heterocycles. The van der Waals surface area contributed by atoms with Crippen molar-refractivity contribution in [1.29, 1.82) is 0 Å². The molecule has 0 aliphatic rings. The normalized spacial score (nSPS) is 12.8. The van der Waals surface area contributed by atoms with Gasteiger partial charge >= 0.3 is 0 Å². The van der Waals surface area contributed by atoms with Crippen LogP contribution in [-0.4, -0.2) is 11.4 Å². The molecule has 0 aliphatic heterocycles. The second-order valence-corrected chi connectivity index (χ2v) is 3.96. The van der Waals surface area contributed by atoms with Crippen LogP contribution >= 0.6 is 11.8 Å². The van der Waals surface area contributed by atoms with Gasteiger partial charge in [-0.05, 0) is 30.4 Å². The minimum absolute atomic E-state index is 0.294. The van der Waals surface area contributed by atoms with E-state index in [1.54, 1.807) is 11.8 Å². The summed E-state index contributed by atoms with van der Waals surface area (Å²) >= 11 is 1.71. The van der Waals surface area contributed by atoms with Gasteiger partial charge in [0.25, 0.3) is 0 Å². The molecule has 2 heteroatoms. The van der Waals surface area contributed by atoms with Crippen LogP contribution in [0, 0.1) is 0 Å². The van der Waals surface area contributed by atoms with Gasteiger partial charge in [-0.25, -0.2) is 0 Å². The van der Waals surface area contributed by atoms with E-state index in [1.807, 2.05) is 18.4 Å². The average molecular weight is 196 g/mol. The summed E-state index contributed by atoms with van der Waals surface area (Å²) in [5.41, 5.74) is 1.04. The molecule has 1 aromatic carbocycles. The largest absolute Gasteiger partial charge is 0.388 e. The van der Waals surface area contributed by atoms with Gasteiger partial charge in [-0.1, -0.05) is 25.5 Å². The van der Waals surface area contributed by atoms with E-state index < -0.39 is 0 Å². The summed E-state index contributed by atoms with van der Waals surface area (Å²) in [6, 6.07) is 8.11. The van der Waals surface area contributed by atoms with Crippen LogP contribution in [0.2, 0.25) is 0 Å². The Balaban J connectivity index is 2.75. The highest BCUT2D eigenvalue weighted by molar-refractivity contribution is 7.98. The van der Waals surface area contributed by atoms with Gasteiger partial charge in [0.1, 0.15) is 0 Å². The summed E-state index contributed by atoms with van der Waals surface area (Å²) in [5.74, 6) is 0. The highest BCUT2D eigenvalue weighted by Gasteiger charge is 2.05. The van der Waals surface area contributed by atoms with E-state index in [0.29, 0.717) is 0 Å². The number of aliphatic hydroxyl groups excluding tert-OH is 1. The van der Waals surface area contributed by atoms with E-state index in [2.05, 4.69) is 19.1 Å². The number of hydrogen-bond acceptors (Lipinski definition) is 2. The van der Waals surface area contributed by atoms with Crippen molar-refractivity contribution in [3.05, 3.63) is 29.8 Å². The Morgan fingerprint density at radius 2 is 2.23 bits per heavy atom. The Morgan fingerprint density at radius 1 is 1.46 bits per heavy atom. The quantitative estimate of drug-likeness (QED) is 0.746. The van der Waals surface area contributed by atoms with E-state index in [4.69, 9.17) is 0 Å². The van der Waals surface area contributed by atoms with Crippen LogP contribution in [0.1, 0.15) is 31.4 Å². The van der Waals surface area contributed by atoms with Crippen molar-refractivity contribution >= 4 is 11.8 Å². The van der Waals surface area contributed by atoms with E-state index in [0.717, 1.165) is 18.4 Å². The molecule has 0 unspecified atom stereocenters. The monoisotopic (exact) mass is 196 g/mol. The molecule has 0 saturated carbocycles. The fraction of sp³-hybridized carbons (Fsp3) is 0.455. The second-order valence-electron chi connectivity index (χ2n) is 3.08. The van der Waals surface area contributed by atoms with E-state index in [9.17, 15) is 5.11 Å². The lowest BCUT2D eigenvalue weighted by atomic mass is 10.1. The van der Waals surface area contributed by atoms with Gasteiger partial charge in [0, 0.05) is 4.90 Å². The third-order valence-electron chi connectivity index (χ3n) is 2.04. The molecule has 0 aromatic heterocycles. The van der Waals surface area contributed by atoms with E-state index in [-0.39, 0.29) is 6.10 Å². The van der Waals surface area contributed by atoms with Gasteiger partial charge < -0.3 is 5.11 Å². The molecular formula is C11H16OS. The number of rotatable bonds is 4. The summed E-state index contributed by atoms with van der Waals surface area (Å²) in [6.45, 7) is 2.08. The molecule has 1 nitrogen and oxygen atoms in total. The molecular weight excluding hydrogens is 180 g/mol. The Morgan fingerprint density at radius 3 is 2.85 bits per heavy atom. The van der Waals surface area contributed by atoms with Gasteiger partial charge in [0.05, 0.1) is 6.10 Å². The van der Waals surface area contributed by atoms with Crippen LogP contribution in [0.15, 0.2) is 29.2 Å². The van der Waals surface area contributed by atoms with Crippen LogP contribution in [-0.2, 0) is 0 Å². The van der Waals surface area contributed by atoms with Crippen LogP contribution in [0.3, 0.4) is 0 Å². The summed E-state index contributed by atoms with van der Waals surface area (Å²) in [6.07, 6.45) is 3.62. The molecule has 1 rings (SSSR count). The van der Waals surface area contributed by atoms with E-state index in [1.165, 1.54) is 4.90 Å². The van der Waals surface area contributed by atoms with Crippen LogP contribution in [0.5, 0.6) is 0 Å². The van der Waals surface area contributed by atoms with Crippen LogP contribution in [0.25, 0.3) is 0 Å². The lowest BCUT2D eigenvalue weighted by molar-refractivity contribution is 0.166. The molecule has 0 amide bonds. The molecule has 13 heavy (non-hydrogen) atoms. The molecule has 0 radical (unpaired) electrons. The number of benzene rings is 1. The molecule has 0 fully saturated rings. The molecule has 0 spiro atoms. The predicted octanol–water partition coefficient (Wildman–Crippen LogP) is 3.24. The van der Waals surface area contributed by atoms with Crippen molar-refractivity contribution in [2.24, 2.45) is 0 Å². The maximum absolute atomic E-state index is 9.73. The topological polar surface area (TPSA) is 20.2 Å². The van der Waals surface area contributed by atoms with Crippen LogP contribution in [0.4, 0.5) is 0 Å². The highest BCUT2D eigenvalue weighted by Crippen LogP contribution is 2.22. The number of thioether (sulfide) groups is 1. The molecule has 72 valence electrons. The predicted molar refractivity (Wildman–Crippen MR) is 58.1 cm³/mol. The molecule has 0 heterocycles. The maximum atomic E-state index is 9.73. The van der Waals surface area contributed by atoms with Crippen molar-refractivity contribution in [2.45, 2.75) is 30.8 Å². The summed E-state index contributed by atoms with van der Waals surface area (Å²) in [7, 11) is 0. The third kappa shape index (κ3) is 3.05. The molecule has 0 aliphatic carbocycles. The molecule has 1 atom stereocenters. The van der Waals surface area contributed by atoms with Crippen molar-refractivity contribution in [3.8, 4) is 0 Å². The SMILES string of the molecule is CCC[C@@H](O)c1cccc(SC)c1. The van der Waals surface area contributed by atoms with Crippen LogP contribution < -0.4 is 0 Å². The molecule has 1 aromatic rings. The summed E-state index contributed by atoms with van der Waals surface area (Å²) < 4.78 is 0. The van der Waals surface area contributed by atoms with Crippen molar-refractivity contribution < 1.29 is 5.11 Å². The molecule has 0 bridgehead atoms. The van der Waals surface area contributed by atoms with Gasteiger partial charge in [-0.15, -0.1) is 11.8 Å². The van der Waals surface area contributed by atoms with Gasteiger partial charge in [0.2, 0.25) is 0 Å². The fourth-order valence-electron chi connectivity index (χ4n) is 1.29. The Labute approximate surface area is 84.2 Å². The Hall–Kier alpha value is -0.470. The van der Waals surface area contributed by atoms with Gasteiger partial charge in [-0.3, -0.25) is 0 Å². The third-order valence-corrected chi connectivity index (χ3v) is 2.77. The zero-order chi connectivity index (χ0) is 9.68. The minimum Gasteiger partial charge on any atom is -0.388 e. The number of aliphatic hydroxyl groups is 1. The zero-order valence-corrected chi connectivity index (χ0v) is 8.97. The average Bonchev–Trinajstić information content (AvgIpc) is 2.18. The zero-order valence-electron chi connectivity index (χ0n) is 8.16. The van der Waals surface area contributed by atoms with Crippen molar-refractivity contribution in [2.75, 3.05) is 6.26 Å². The highest BCUT2D eigenvalue weighted by atomic mass is 32.2. The van der Waals surface area contributed by atoms with Crippen molar-refractivity contribution in [3.63, 3.8) is 0 Å². The maximum Gasteiger partial charge on any atom is 0.0790 e. The fourth-order valence-corrected chi connectivity index (χ4v) is 1.76. The first kappa shape index (κ1) is 10.6. The first-order valence-corrected chi connectivity index (χ1v) is 5.82. The summed E-state index contributed by atoms with van der Waals surface area (Å²) in [4.78, 5) is 1.22. The van der Waals surface area contributed by atoms with Gasteiger partial charge in [-0.2, -0.15) is 0 Å². The summed E-state index contributed by atoms with van der Waals surface area (Å²) in [5, 5.41) is 9.73. The first-order chi connectivity index (χ1) is 6.27. The van der Waals surface area contributed by atoms with Gasteiger partial charge in [0.15, 0.2) is 0 Å². The van der Waals surface area contributed by atoms with E-state index >= 15 is 0 Å². The van der Waals surface area contributed by atoms with Crippen molar-refractivity contribution in [1.82, 2.24) is 0 Å². The standard InChI is InChI=1S/C11H16OS/c1-3-5-11(12)9-6-4-7-10(8-9)13-2/h4,6-8,11-12H,3,5H2,1-2H3/t11-/m1/s1.